The summed E-state index contributed by atoms with van der Waals surface area (Å²) in [5, 5.41) is 5.61. The Kier molecular flexibility index (Phi) is 6.94. The van der Waals surface area contributed by atoms with E-state index in [9.17, 15) is 9.59 Å². The van der Waals surface area contributed by atoms with Gasteiger partial charge >= 0.3 is 5.97 Å². The number of hydrogen-bond acceptors (Lipinski definition) is 5. The van der Waals surface area contributed by atoms with Crippen LogP contribution < -0.4 is 16.4 Å². The Hall–Kier alpha value is -1.99. The van der Waals surface area contributed by atoms with Crippen LogP contribution in [0.25, 0.3) is 0 Å². The van der Waals surface area contributed by atoms with Gasteiger partial charge in [-0.1, -0.05) is 24.4 Å². The number of hydrogen-bond donors (Lipinski definition) is 3. The van der Waals surface area contributed by atoms with E-state index < -0.39 is 12.1 Å². The fraction of sp³-hybridized carbons (Fsp3) is 0.400. The van der Waals surface area contributed by atoms with Gasteiger partial charge in [0.1, 0.15) is 6.04 Å². The molecule has 6 nitrogen and oxygen atoms in total. The van der Waals surface area contributed by atoms with Crippen molar-refractivity contribution in [3.8, 4) is 0 Å². The molecular weight excluding hydrogens is 302 g/mol. The molecule has 1 rings (SSSR count). The summed E-state index contributed by atoms with van der Waals surface area (Å²) in [4.78, 5) is 23.8. The van der Waals surface area contributed by atoms with E-state index in [0.717, 1.165) is 5.56 Å². The van der Waals surface area contributed by atoms with Crippen molar-refractivity contribution in [3.05, 3.63) is 29.8 Å². The molecule has 22 heavy (non-hydrogen) atoms. The second-order valence-corrected chi connectivity index (χ2v) is 5.57. The molecule has 1 aromatic rings. The van der Waals surface area contributed by atoms with Gasteiger partial charge in [0.25, 0.3) is 0 Å². The molecule has 0 spiro atoms. The highest BCUT2D eigenvalue weighted by Crippen LogP contribution is 2.12. The quantitative estimate of drug-likeness (QED) is 0.534. The van der Waals surface area contributed by atoms with Crippen molar-refractivity contribution >= 4 is 34.8 Å². The zero-order valence-corrected chi connectivity index (χ0v) is 13.7. The summed E-state index contributed by atoms with van der Waals surface area (Å²) in [6.45, 7) is 3.32. The zero-order valence-electron chi connectivity index (χ0n) is 12.9. The summed E-state index contributed by atoms with van der Waals surface area (Å²) in [5.74, 6) is -0.628. The number of benzene rings is 1. The summed E-state index contributed by atoms with van der Waals surface area (Å²) in [7, 11) is 1.34. The van der Waals surface area contributed by atoms with E-state index in [0.29, 0.717) is 17.1 Å². The average molecular weight is 323 g/mol. The summed E-state index contributed by atoms with van der Waals surface area (Å²) >= 11 is 4.97. The van der Waals surface area contributed by atoms with Crippen LogP contribution in [0.1, 0.15) is 19.4 Å². The Morgan fingerprint density at radius 1 is 1.32 bits per heavy atom. The van der Waals surface area contributed by atoms with Crippen LogP contribution in [0.5, 0.6) is 0 Å². The first-order valence-electron chi connectivity index (χ1n) is 6.83. The van der Waals surface area contributed by atoms with Gasteiger partial charge in [0.15, 0.2) is 0 Å². The smallest absolute Gasteiger partial charge is 0.328 e. The molecule has 0 heterocycles. The van der Waals surface area contributed by atoms with E-state index in [4.69, 9.17) is 22.7 Å². The molecular formula is C15H21N3O3S. The number of rotatable bonds is 6. The number of esters is 1. The van der Waals surface area contributed by atoms with Gasteiger partial charge in [0.2, 0.25) is 5.91 Å². The first-order chi connectivity index (χ1) is 10.3. The van der Waals surface area contributed by atoms with Gasteiger partial charge in [-0.3, -0.25) is 4.79 Å². The number of nitrogens with two attached hydrogens (primary N) is 1. The Labute approximate surface area is 135 Å². The van der Waals surface area contributed by atoms with Crippen LogP contribution in [0.4, 0.5) is 5.69 Å². The van der Waals surface area contributed by atoms with Crippen LogP contribution in [-0.2, 0) is 20.7 Å². The van der Waals surface area contributed by atoms with Gasteiger partial charge in [-0.15, -0.1) is 0 Å². The Bertz CT molecular complexity index is 543. The lowest BCUT2D eigenvalue weighted by Crippen LogP contribution is -2.41. The maximum atomic E-state index is 11.7. The van der Waals surface area contributed by atoms with Crippen molar-refractivity contribution in [2.45, 2.75) is 32.4 Å². The third kappa shape index (κ3) is 5.79. The first-order valence-corrected chi connectivity index (χ1v) is 7.24. The first kappa shape index (κ1) is 18.1. The number of methoxy groups -OCH3 is 1. The highest BCUT2D eigenvalue weighted by Gasteiger charge is 2.19. The van der Waals surface area contributed by atoms with E-state index >= 15 is 0 Å². The number of thiocarbonyl (C=S) groups is 1. The third-order valence-electron chi connectivity index (χ3n) is 2.94. The minimum Gasteiger partial charge on any atom is -0.467 e. The summed E-state index contributed by atoms with van der Waals surface area (Å²) < 4.78 is 4.76. The Balaban J connectivity index is 2.74. The lowest BCUT2D eigenvalue weighted by Gasteiger charge is -2.17. The molecule has 120 valence electrons. The zero-order chi connectivity index (χ0) is 16.7. The van der Waals surface area contributed by atoms with Crippen molar-refractivity contribution in [1.29, 1.82) is 0 Å². The van der Waals surface area contributed by atoms with Gasteiger partial charge in [-0.05, 0) is 31.5 Å². The molecule has 0 aromatic heterocycles. The number of carbonyl (C=O) groups is 2. The molecule has 1 aromatic carbocycles. The average Bonchev–Trinajstić information content (AvgIpc) is 2.47. The molecule has 0 radical (unpaired) electrons. The lowest BCUT2D eigenvalue weighted by atomic mass is 10.1. The minimum absolute atomic E-state index is 0.252. The highest BCUT2D eigenvalue weighted by atomic mass is 32.1. The molecule has 0 aliphatic heterocycles. The van der Waals surface area contributed by atoms with Gasteiger partial charge in [-0.25, -0.2) is 4.79 Å². The van der Waals surface area contributed by atoms with Gasteiger partial charge in [-0.2, -0.15) is 0 Å². The van der Waals surface area contributed by atoms with Crippen LogP contribution >= 0.6 is 12.2 Å². The van der Waals surface area contributed by atoms with Crippen molar-refractivity contribution in [3.63, 3.8) is 0 Å². The Morgan fingerprint density at radius 2 is 1.91 bits per heavy atom. The molecule has 4 N–H and O–H groups in total. The van der Waals surface area contributed by atoms with Crippen LogP contribution in [0.2, 0.25) is 0 Å². The SMILES string of the molecule is COC(=O)C(Cc1ccc(NC(=O)C(C)N)cc1)NC(C)=S. The fourth-order valence-electron chi connectivity index (χ4n) is 1.80. The van der Waals surface area contributed by atoms with Crippen LogP contribution in [0.15, 0.2) is 24.3 Å². The van der Waals surface area contributed by atoms with Crippen molar-refractivity contribution in [2.24, 2.45) is 5.73 Å². The molecule has 1 amide bonds. The molecule has 0 aliphatic carbocycles. The molecule has 0 bridgehead atoms. The maximum Gasteiger partial charge on any atom is 0.328 e. The van der Waals surface area contributed by atoms with Crippen molar-refractivity contribution in [1.82, 2.24) is 5.32 Å². The predicted molar refractivity (Wildman–Crippen MR) is 89.6 cm³/mol. The second-order valence-electron chi connectivity index (χ2n) is 4.96. The fourth-order valence-corrected chi connectivity index (χ4v) is 1.94. The molecule has 0 saturated heterocycles. The van der Waals surface area contributed by atoms with E-state index in [2.05, 4.69) is 10.6 Å². The normalized spacial score (nSPS) is 12.9. The van der Waals surface area contributed by atoms with Crippen LogP contribution in [-0.4, -0.2) is 36.1 Å². The van der Waals surface area contributed by atoms with Crippen LogP contribution in [0, 0.1) is 0 Å². The van der Waals surface area contributed by atoms with Gasteiger partial charge < -0.3 is 21.1 Å². The second kappa shape index (κ2) is 8.45. The molecule has 0 aliphatic rings. The standard InChI is InChI=1S/C15H21N3O3S/c1-9(16)14(19)18-12-6-4-11(5-7-12)8-13(15(20)21-3)17-10(2)22/h4-7,9,13H,8,16H2,1-3H3,(H,17,22)(H,18,19). The number of ether oxygens (including phenoxy) is 1. The molecule has 2 atom stereocenters. The summed E-state index contributed by atoms with van der Waals surface area (Å²) in [6, 6.07) is 6.06. The van der Waals surface area contributed by atoms with Crippen LogP contribution in [0.3, 0.4) is 0 Å². The molecule has 0 fully saturated rings. The van der Waals surface area contributed by atoms with E-state index in [1.807, 2.05) is 12.1 Å². The van der Waals surface area contributed by atoms with Crippen molar-refractivity contribution in [2.75, 3.05) is 12.4 Å². The maximum absolute atomic E-state index is 11.7. The Morgan fingerprint density at radius 3 is 2.36 bits per heavy atom. The van der Waals surface area contributed by atoms with E-state index in [1.165, 1.54) is 7.11 Å². The predicted octanol–water partition coefficient (Wildman–Crippen LogP) is 0.993. The van der Waals surface area contributed by atoms with E-state index in [-0.39, 0.29) is 11.9 Å². The number of amides is 1. The largest absolute Gasteiger partial charge is 0.467 e. The minimum atomic E-state index is -0.571. The van der Waals surface area contributed by atoms with Gasteiger partial charge in [0, 0.05) is 12.1 Å². The summed E-state index contributed by atoms with van der Waals surface area (Å²) in [6.07, 6.45) is 0.433. The van der Waals surface area contributed by atoms with Crippen molar-refractivity contribution < 1.29 is 14.3 Å². The lowest BCUT2D eigenvalue weighted by molar-refractivity contribution is -0.142. The van der Waals surface area contributed by atoms with E-state index in [1.54, 1.807) is 26.0 Å². The summed E-state index contributed by atoms with van der Waals surface area (Å²) in [5.41, 5.74) is 7.06. The number of carbonyl (C=O) groups excluding carboxylic acids is 2. The molecule has 7 heteroatoms. The topological polar surface area (TPSA) is 93.5 Å². The molecule has 0 saturated carbocycles. The number of anilines is 1. The monoisotopic (exact) mass is 323 g/mol. The third-order valence-corrected chi connectivity index (χ3v) is 3.06. The van der Waals surface area contributed by atoms with Gasteiger partial charge in [0.05, 0.1) is 18.1 Å². The number of nitrogens with one attached hydrogen (secondary N) is 2. The molecule has 2 unspecified atom stereocenters. The highest BCUT2D eigenvalue weighted by molar-refractivity contribution is 7.80.